The number of carboxylic acid groups (broad SMARTS) is 1. The van der Waals surface area contributed by atoms with Gasteiger partial charge >= 0.3 is 5.97 Å². The Labute approximate surface area is 111 Å². The van der Waals surface area contributed by atoms with Gasteiger partial charge in [-0.2, -0.15) is 5.26 Å². The minimum absolute atomic E-state index is 0.0234. The second kappa shape index (κ2) is 6.27. The molecule has 0 aliphatic heterocycles. The Hall–Kier alpha value is -1.73. The molecule has 0 aliphatic rings. The molecule has 4 nitrogen and oxygen atoms in total. The van der Waals surface area contributed by atoms with Crippen LogP contribution in [0.5, 0.6) is 0 Å². The Bertz CT molecular complexity index is 480. The Morgan fingerprint density at radius 2 is 2.22 bits per heavy atom. The Morgan fingerprint density at radius 1 is 1.56 bits per heavy atom. The summed E-state index contributed by atoms with van der Waals surface area (Å²) in [6.07, 6.45) is 0.0234. The van der Waals surface area contributed by atoms with Gasteiger partial charge < -0.3 is 10.0 Å². The highest BCUT2D eigenvalue weighted by molar-refractivity contribution is 6.30. The van der Waals surface area contributed by atoms with Gasteiger partial charge in [0, 0.05) is 17.6 Å². The smallest absolute Gasteiger partial charge is 0.305 e. The fourth-order valence-corrected chi connectivity index (χ4v) is 1.88. The summed E-state index contributed by atoms with van der Waals surface area (Å²) < 4.78 is 0. The molecule has 0 spiro atoms. The van der Waals surface area contributed by atoms with E-state index in [-0.39, 0.29) is 12.5 Å². The number of carboxylic acids is 1. The molecule has 5 heteroatoms. The van der Waals surface area contributed by atoms with Crippen LogP contribution in [0.15, 0.2) is 18.2 Å². The monoisotopic (exact) mass is 266 g/mol. The van der Waals surface area contributed by atoms with Gasteiger partial charge in [-0.25, -0.2) is 0 Å². The van der Waals surface area contributed by atoms with E-state index in [1.807, 2.05) is 18.7 Å². The molecule has 0 heterocycles. The zero-order valence-electron chi connectivity index (χ0n) is 10.4. The van der Waals surface area contributed by atoms with Gasteiger partial charge in [0.05, 0.1) is 17.7 Å². The summed E-state index contributed by atoms with van der Waals surface area (Å²) in [6.45, 7) is 4.25. The minimum atomic E-state index is -0.860. The average molecular weight is 267 g/mol. The largest absolute Gasteiger partial charge is 0.481 e. The minimum Gasteiger partial charge on any atom is -0.481 e. The summed E-state index contributed by atoms with van der Waals surface area (Å²) in [5.41, 5.74) is 1.18. The lowest BCUT2D eigenvalue weighted by Gasteiger charge is -2.29. The second-order valence-corrected chi connectivity index (χ2v) is 4.64. The highest BCUT2D eigenvalue weighted by atomic mass is 35.5. The number of anilines is 1. The van der Waals surface area contributed by atoms with Crippen molar-refractivity contribution in [2.24, 2.45) is 0 Å². The van der Waals surface area contributed by atoms with E-state index >= 15 is 0 Å². The van der Waals surface area contributed by atoms with Crippen LogP contribution in [-0.4, -0.2) is 23.7 Å². The predicted molar refractivity (Wildman–Crippen MR) is 70.9 cm³/mol. The van der Waals surface area contributed by atoms with E-state index in [9.17, 15) is 4.79 Å². The highest BCUT2D eigenvalue weighted by Crippen LogP contribution is 2.26. The molecule has 1 aromatic carbocycles. The van der Waals surface area contributed by atoms with Gasteiger partial charge in [-0.15, -0.1) is 0 Å². The van der Waals surface area contributed by atoms with Gasteiger partial charge in [0.25, 0.3) is 0 Å². The van der Waals surface area contributed by atoms with E-state index in [2.05, 4.69) is 6.07 Å². The van der Waals surface area contributed by atoms with Crippen LogP contribution in [0.2, 0.25) is 5.02 Å². The molecule has 0 amide bonds. The lowest BCUT2D eigenvalue weighted by molar-refractivity contribution is -0.136. The van der Waals surface area contributed by atoms with Crippen molar-refractivity contribution in [3.8, 4) is 6.07 Å². The third kappa shape index (κ3) is 3.64. The Morgan fingerprint density at radius 3 is 2.72 bits per heavy atom. The summed E-state index contributed by atoms with van der Waals surface area (Å²) in [4.78, 5) is 12.5. The summed E-state index contributed by atoms with van der Waals surface area (Å²) in [5.74, 6) is -0.860. The Kier molecular flexibility index (Phi) is 4.99. The Balaban J connectivity index is 3.09. The number of aliphatic carboxylic acids is 1. The maximum absolute atomic E-state index is 10.7. The number of nitriles is 1. The van der Waals surface area contributed by atoms with Crippen LogP contribution in [0.25, 0.3) is 0 Å². The number of halogens is 1. The lowest BCUT2D eigenvalue weighted by Crippen LogP contribution is -2.33. The number of benzene rings is 1. The third-order valence-corrected chi connectivity index (χ3v) is 2.81. The molecule has 0 atom stereocenters. The van der Waals surface area contributed by atoms with Crippen molar-refractivity contribution >= 4 is 23.3 Å². The van der Waals surface area contributed by atoms with Gasteiger partial charge in [-0.1, -0.05) is 11.6 Å². The standard InChI is InChI=1S/C13H15ClN2O2/c1-9(2)16(6-5-13(17)18)12-7-11(14)4-3-10(12)8-15/h3-4,7,9H,5-6H2,1-2H3,(H,17,18). The van der Waals surface area contributed by atoms with E-state index in [0.717, 1.165) is 0 Å². The third-order valence-electron chi connectivity index (χ3n) is 2.58. The van der Waals surface area contributed by atoms with Crippen molar-refractivity contribution in [2.45, 2.75) is 26.3 Å². The van der Waals surface area contributed by atoms with Crippen molar-refractivity contribution in [2.75, 3.05) is 11.4 Å². The van der Waals surface area contributed by atoms with Gasteiger partial charge in [0.2, 0.25) is 0 Å². The molecule has 0 aliphatic carbocycles. The number of carbonyl (C=O) groups is 1. The second-order valence-electron chi connectivity index (χ2n) is 4.20. The maximum atomic E-state index is 10.7. The summed E-state index contributed by atoms with van der Waals surface area (Å²) in [5, 5.41) is 18.4. The normalized spacial score (nSPS) is 10.2. The number of hydrogen-bond acceptors (Lipinski definition) is 3. The molecule has 1 rings (SSSR count). The van der Waals surface area contributed by atoms with Gasteiger partial charge in [-0.3, -0.25) is 4.79 Å². The van der Waals surface area contributed by atoms with Crippen molar-refractivity contribution in [1.29, 1.82) is 5.26 Å². The van der Waals surface area contributed by atoms with Gasteiger partial charge in [0.15, 0.2) is 0 Å². The zero-order valence-corrected chi connectivity index (χ0v) is 11.1. The van der Waals surface area contributed by atoms with Crippen LogP contribution in [0.1, 0.15) is 25.8 Å². The molecule has 18 heavy (non-hydrogen) atoms. The first-order chi connectivity index (χ1) is 8.45. The summed E-state index contributed by atoms with van der Waals surface area (Å²) in [6, 6.07) is 7.19. The molecule has 0 saturated heterocycles. The van der Waals surface area contributed by atoms with Crippen molar-refractivity contribution < 1.29 is 9.90 Å². The molecule has 96 valence electrons. The maximum Gasteiger partial charge on any atom is 0.305 e. The van der Waals surface area contributed by atoms with Crippen LogP contribution < -0.4 is 4.90 Å². The van der Waals surface area contributed by atoms with Crippen LogP contribution in [-0.2, 0) is 4.79 Å². The van der Waals surface area contributed by atoms with E-state index in [1.165, 1.54) is 0 Å². The molecule has 1 aromatic rings. The number of rotatable bonds is 5. The molecule has 0 bridgehead atoms. The van der Waals surface area contributed by atoms with Crippen molar-refractivity contribution in [1.82, 2.24) is 0 Å². The molecule has 0 aromatic heterocycles. The molecule has 0 radical (unpaired) electrons. The highest BCUT2D eigenvalue weighted by Gasteiger charge is 2.16. The van der Waals surface area contributed by atoms with E-state index in [1.54, 1.807) is 18.2 Å². The fraction of sp³-hybridized carbons (Fsp3) is 0.385. The molecule has 1 N–H and O–H groups in total. The van der Waals surface area contributed by atoms with Crippen LogP contribution in [0.3, 0.4) is 0 Å². The molecule has 0 fully saturated rings. The van der Waals surface area contributed by atoms with Crippen LogP contribution in [0, 0.1) is 11.3 Å². The SMILES string of the molecule is CC(C)N(CCC(=O)O)c1cc(Cl)ccc1C#N. The van der Waals surface area contributed by atoms with Crippen LogP contribution >= 0.6 is 11.6 Å². The first-order valence-corrected chi connectivity index (χ1v) is 6.01. The van der Waals surface area contributed by atoms with E-state index < -0.39 is 5.97 Å². The summed E-state index contributed by atoms with van der Waals surface area (Å²) >= 11 is 5.93. The number of hydrogen-bond donors (Lipinski definition) is 1. The quantitative estimate of drug-likeness (QED) is 0.890. The fourth-order valence-electron chi connectivity index (χ4n) is 1.71. The first-order valence-electron chi connectivity index (χ1n) is 5.63. The lowest BCUT2D eigenvalue weighted by atomic mass is 10.1. The topological polar surface area (TPSA) is 64.3 Å². The van der Waals surface area contributed by atoms with Crippen molar-refractivity contribution in [3.63, 3.8) is 0 Å². The molecule has 0 saturated carbocycles. The molecular weight excluding hydrogens is 252 g/mol. The predicted octanol–water partition coefficient (Wildman–Crippen LogP) is 2.90. The zero-order chi connectivity index (χ0) is 13.7. The summed E-state index contributed by atoms with van der Waals surface area (Å²) in [7, 11) is 0. The number of nitrogens with zero attached hydrogens (tertiary/aromatic N) is 2. The van der Waals surface area contributed by atoms with E-state index in [4.69, 9.17) is 22.0 Å². The average Bonchev–Trinajstić information content (AvgIpc) is 2.28. The van der Waals surface area contributed by atoms with Gasteiger partial charge in [0.1, 0.15) is 6.07 Å². The van der Waals surface area contributed by atoms with Gasteiger partial charge in [-0.05, 0) is 32.0 Å². The first kappa shape index (κ1) is 14.3. The van der Waals surface area contributed by atoms with E-state index in [0.29, 0.717) is 22.8 Å². The van der Waals surface area contributed by atoms with Crippen LogP contribution in [0.4, 0.5) is 5.69 Å². The molecular formula is C13H15ClN2O2. The van der Waals surface area contributed by atoms with Crippen molar-refractivity contribution in [3.05, 3.63) is 28.8 Å². The molecule has 0 unspecified atom stereocenters.